The molecule has 35 heavy (non-hydrogen) atoms. The minimum Gasteiger partial charge on any atom is -0.497 e. The molecule has 2 unspecified atom stereocenters. The Labute approximate surface area is 209 Å². The van der Waals surface area contributed by atoms with Crippen LogP contribution < -0.4 is 10.1 Å². The Hall–Kier alpha value is -3.60. The number of carbonyl (C=O) groups excluding carboxylic acids is 2. The zero-order valence-corrected chi connectivity index (χ0v) is 21.2. The minimum atomic E-state index is -0.627. The lowest BCUT2D eigenvalue weighted by Gasteiger charge is -2.32. The molecule has 0 fully saturated rings. The van der Waals surface area contributed by atoms with Crippen LogP contribution in [0.15, 0.2) is 78.9 Å². The predicted octanol–water partition coefficient (Wildman–Crippen LogP) is 5.10. The van der Waals surface area contributed by atoms with Crippen molar-refractivity contribution in [2.75, 3.05) is 7.11 Å². The molecular formula is C30H36N2O3. The molecule has 2 atom stereocenters. The number of nitrogens with one attached hydrogen (secondary N) is 1. The van der Waals surface area contributed by atoms with Gasteiger partial charge in [-0.25, -0.2) is 0 Å². The molecule has 0 saturated carbocycles. The van der Waals surface area contributed by atoms with Crippen molar-refractivity contribution in [3.05, 3.63) is 101 Å². The summed E-state index contributed by atoms with van der Waals surface area (Å²) in [6, 6.07) is 24.9. The van der Waals surface area contributed by atoms with Crippen LogP contribution in [0.5, 0.6) is 5.75 Å². The molecule has 0 bridgehead atoms. The third-order valence-corrected chi connectivity index (χ3v) is 6.22. The molecule has 0 saturated heterocycles. The van der Waals surface area contributed by atoms with Gasteiger partial charge in [-0.2, -0.15) is 0 Å². The molecule has 0 aliphatic rings. The molecule has 184 valence electrons. The van der Waals surface area contributed by atoms with Crippen molar-refractivity contribution in [1.29, 1.82) is 0 Å². The van der Waals surface area contributed by atoms with E-state index in [1.165, 1.54) is 0 Å². The fourth-order valence-corrected chi connectivity index (χ4v) is 4.02. The van der Waals surface area contributed by atoms with Gasteiger partial charge in [0.1, 0.15) is 11.8 Å². The van der Waals surface area contributed by atoms with Gasteiger partial charge in [0.2, 0.25) is 11.8 Å². The average molecular weight is 473 g/mol. The third kappa shape index (κ3) is 7.71. The molecule has 5 heteroatoms. The van der Waals surface area contributed by atoms with E-state index in [0.29, 0.717) is 13.0 Å². The van der Waals surface area contributed by atoms with E-state index in [2.05, 4.69) is 11.4 Å². The van der Waals surface area contributed by atoms with Crippen molar-refractivity contribution < 1.29 is 14.3 Å². The summed E-state index contributed by atoms with van der Waals surface area (Å²) < 4.78 is 5.25. The van der Waals surface area contributed by atoms with Crippen molar-refractivity contribution in [1.82, 2.24) is 10.2 Å². The van der Waals surface area contributed by atoms with Crippen molar-refractivity contribution in [2.45, 2.75) is 58.7 Å². The molecule has 0 aliphatic carbocycles. The Morgan fingerprint density at radius 3 is 2.23 bits per heavy atom. The summed E-state index contributed by atoms with van der Waals surface area (Å²) in [5.74, 6) is 0.531. The second kappa shape index (κ2) is 12.7. The van der Waals surface area contributed by atoms with Crippen molar-refractivity contribution in [3.8, 4) is 5.75 Å². The van der Waals surface area contributed by atoms with Gasteiger partial charge in [0.25, 0.3) is 0 Å². The maximum atomic E-state index is 13.8. The van der Waals surface area contributed by atoms with Crippen molar-refractivity contribution >= 4 is 11.8 Å². The van der Waals surface area contributed by atoms with E-state index in [1.54, 1.807) is 12.0 Å². The smallest absolute Gasteiger partial charge is 0.243 e. The largest absolute Gasteiger partial charge is 0.497 e. The van der Waals surface area contributed by atoms with Crippen molar-refractivity contribution in [3.63, 3.8) is 0 Å². The first kappa shape index (κ1) is 26.0. The van der Waals surface area contributed by atoms with Gasteiger partial charge in [-0.3, -0.25) is 9.59 Å². The second-order valence-corrected chi connectivity index (χ2v) is 9.06. The topological polar surface area (TPSA) is 58.6 Å². The lowest BCUT2D eigenvalue weighted by Crippen LogP contribution is -2.52. The molecule has 0 heterocycles. The highest BCUT2D eigenvalue weighted by atomic mass is 16.5. The average Bonchev–Trinajstić information content (AvgIpc) is 2.87. The monoisotopic (exact) mass is 472 g/mol. The molecule has 0 aromatic heterocycles. The molecule has 0 aliphatic heterocycles. The molecule has 0 radical (unpaired) electrons. The minimum absolute atomic E-state index is 0.0262. The highest BCUT2D eigenvalue weighted by Gasteiger charge is 2.31. The SMILES string of the molecule is CCC(C)NC(=O)C(Cc1ccccc1)N(Cc1cccc(C)c1)C(=O)Cc1ccc(OC)cc1. The number of ether oxygens (including phenoxy) is 1. The first-order chi connectivity index (χ1) is 16.9. The van der Waals surface area contributed by atoms with Crippen LogP contribution in [0, 0.1) is 6.92 Å². The van der Waals surface area contributed by atoms with Gasteiger partial charge in [0.15, 0.2) is 0 Å². The third-order valence-electron chi connectivity index (χ3n) is 6.22. The summed E-state index contributed by atoms with van der Waals surface area (Å²) in [7, 11) is 1.62. The van der Waals surface area contributed by atoms with Crippen LogP contribution in [-0.2, 0) is 29.0 Å². The Bertz CT molecular complexity index is 1100. The summed E-state index contributed by atoms with van der Waals surface area (Å²) in [4.78, 5) is 29.0. The molecule has 2 amide bonds. The van der Waals surface area contributed by atoms with Gasteiger partial charge in [0, 0.05) is 19.0 Å². The Morgan fingerprint density at radius 1 is 0.914 bits per heavy atom. The summed E-state index contributed by atoms with van der Waals surface area (Å²) >= 11 is 0. The number of hydrogen-bond acceptors (Lipinski definition) is 3. The van der Waals surface area contributed by atoms with Crippen LogP contribution in [0.4, 0.5) is 0 Å². The summed E-state index contributed by atoms with van der Waals surface area (Å²) in [6.07, 6.45) is 1.47. The van der Waals surface area contributed by atoms with E-state index in [4.69, 9.17) is 4.74 Å². The van der Waals surface area contributed by atoms with E-state index >= 15 is 0 Å². The summed E-state index contributed by atoms with van der Waals surface area (Å²) in [6.45, 7) is 6.42. The molecule has 1 N–H and O–H groups in total. The highest BCUT2D eigenvalue weighted by Crippen LogP contribution is 2.19. The van der Waals surface area contributed by atoms with Gasteiger partial charge in [0.05, 0.1) is 13.5 Å². The molecule has 3 aromatic rings. The van der Waals surface area contributed by atoms with Crippen molar-refractivity contribution in [2.24, 2.45) is 0 Å². The zero-order chi connectivity index (χ0) is 25.2. The normalized spacial score (nSPS) is 12.5. The van der Waals surface area contributed by atoms with E-state index in [9.17, 15) is 9.59 Å². The number of nitrogens with zero attached hydrogens (tertiary/aromatic N) is 1. The van der Waals surface area contributed by atoms with Gasteiger partial charge >= 0.3 is 0 Å². The van der Waals surface area contributed by atoms with Gasteiger partial charge in [-0.15, -0.1) is 0 Å². The number of amides is 2. The number of carbonyl (C=O) groups is 2. The van der Waals surface area contributed by atoms with Crippen LogP contribution in [0.2, 0.25) is 0 Å². The Morgan fingerprint density at radius 2 is 1.60 bits per heavy atom. The fourth-order valence-electron chi connectivity index (χ4n) is 4.02. The Balaban J connectivity index is 1.95. The fraction of sp³-hybridized carbons (Fsp3) is 0.333. The van der Waals surface area contributed by atoms with Crippen LogP contribution in [-0.4, -0.2) is 35.9 Å². The van der Waals surface area contributed by atoms with E-state index in [1.807, 2.05) is 93.6 Å². The van der Waals surface area contributed by atoms with E-state index in [0.717, 1.165) is 34.4 Å². The number of benzene rings is 3. The summed E-state index contributed by atoms with van der Waals surface area (Å²) in [5, 5.41) is 3.11. The second-order valence-electron chi connectivity index (χ2n) is 9.06. The van der Waals surface area contributed by atoms with Crippen LogP contribution >= 0.6 is 0 Å². The lowest BCUT2D eigenvalue weighted by atomic mass is 10.0. The quantitative estimate of drug-likeness (QED) is 0.422. The first-order valence-corrected chi connectivity index (χ1v) is 12.2. The molecule has 5 nitrogen and oxygen atoms in total. The van der Waals surface area contributed by atoms with Crippen LogP contribution in [0.25, 0.3) is 0 Å². The predicted molar refractivity (Wildman–Crippen MR) is 140 cm³/mol. The number of methoxy groups -OCH3 is 1. The van der Waals surface area contributed by atoms with Crippen LogP contribution in [0.1, 0.15) is 42.5 Å². The zero-order valence-electron chi connectivity index (χ0n) is 21.2. The van der Waals surface area contributed by atoms with E-state index in [-0.39, 0.29) is 24.3 Å². The maximum Gasteiger partial charge on any atom is 0.243 e. The van der Waals surface area contributed by atoms with Gasteiger partial charge in [-0.1, -0.05) is 79.2 Å². The standard InChI is InChI=1S/C30H36N2O3/c1-5-23(3)31-30(34)28(19-24-11-7-6-8-12-24)32(21-26-13-9-10-22(2)18-26)29(33)20-25-14-16-27(35-4)17-15-25/h6-18,23,28H,5,19-21H2,1-4H3,(H,31,34). The molecule has 0 spiro atoms. The molecule has 3 rings (SSSR count). The lowest BCUT2D eigenvalue weighted by molar-refractivity contribution is -0.141. The van der Waals surface area contributed by atoms with Gasteiger partial charge in [-0.05, 0) is 49.1 Å². The number of hydrogen-bond donors (Lipinski definition) is 1. The molecule has 3 aromatic carbocycles. The number of aryl methyl sites for hydroxylation is 1. The molecular weight excluding hydrogens is 436 g/mol. The van der Waals surface area contributed by atoms with Gasteiger partial charge < -0.3 is 15.0 Å². The Kier molecular flexibility index (Phi) is 9.47. The highest BCUT2D eigenvalue weighted by molar-refractivity contribution is 5.89. The van der Waals surface area contributed by atoms with Crippen LogP contribution in [0.3, 0.4) is 0 Å². The number of rotatable bonds is 11. The maximum absolute atomic E-state index is 13.8. The van der Waals surface area contributed by atoms with E-state index < -0.39 is 6.04 Å². The summed E-state index contributed by atoms with van der Waals surface area (Å²) in [5.41, 5.74) is 4.02. The first-order valence-electron chi connectivity index (χ1n) is 12.2.